The number of thiophene rings is 1. The highest BCUT2D eigenvalue weighted by Gasteiger charge is 2.15. The standard InChI is InChI=1S/C13H12Br2O2S/c1-17-13-5-8(14)2-3-11(13)12(16)6-10-4-9(15)7-18-10/h2-5,7,12,16H,6H2,1H3. The number of halogens is 2. The summed E-state index contributed by atoms with van der Waals surface area (Å²) in [5, 5.41) is 12.3. The lowest BCUT2D eigenvalue weighted by molar-refractivity contribution is 0.175. The number of ether oxygens (including phenoxy) is 1. The maximum atomic E-state index is 10.3. The summed E-state index contributed by atoms with van der Waals surface area (Å²) < 4.78 is 7.29. The molecule has 0 fully saturated rings. The van der Waals surface area contributed by atoms with Gasteiger partial charge in [-0.05, 0) is 34.1 Å². The van der Waals surface area contributed by atoms with Gasteiger partial charge in [0.25, 0.3) is 0 Å². The third-order valence-electron chi connectivity index (χ3n) is 2.57. The maximum absolute atomic E-state index is 10.3. The normalized spacial score (nSPS) is 12.4. The zero-order valence-electron chi connectivity index (χ0n) is 9.69. The van der Waals surface area contributed by atoms with Crippen molar-refractivity contribution < 1.29 is 9.84 Å². The number of hydrogen-bond donors (Lipinski definition) is 1. The van der Waals surface area contributed by atoms with Gasteiger partial charge in [0, 0.05) is 31.2 Å². The fraction of sp³-hybridized carbons (Fsp3) is 0.231. The second-order valence-electron chi connectivity index (χ2n) is 3.84. The molecule has 2 nitrogen and oxygen atoms in total. The fourth-order valence-corrected chi connectivity index (χ4v) is 3.55. The van der Waals surface area contributed by atoms with Gasteiger partial charge in [0.1, 0.15) is 5.75 Å². The van der Waals surface area contributed by atoms with Crippen molar-refractivity contribution in [3.63, 3.8) is 0 Å². The monoisotopic (exact) mass is 390 g/mol. The predicted molar refractivity (Wildman–Crippen MR) is 81.4 cm³/mol. The Kier molecular flexibility index (Phi) is 4.84. The summed E-state index contributed by atoms with van der Waals surface area (Å²) in [4.78, 5) is 1.14. The van der Waals surface area contributed by atoms with Crippen molar-refractivity contribution in [1.29, 1.82) is 0 Å². The summed E-state index contributed by atoms with van der Waals surface area (Å²) in [6, 6.07) is 7.68. The molecule has 18 heavy (non-hydrogen) atoms. The van der Waals surface area contributed by atoms with E-state index in [9.17, 15) is 5.11 Å². The minimum absolute atomic E-state index is 0.557. The van der Waals surface area contributed by atoms with Crippen LogP contribution in [0.4, 0.5) is 0 Å². The maximum Gasteiger partial charge on any atom is 0.125 e. The van der Waals surface area contributed by atoms with E-state index in [1.807, 2.05) is 29.6 Å². The van der Waals surface area contributed by atoms with Crippen LogP contribution in [0.5, 0.6) is 5.75 Å². The highest BCUT2D eigenvalue weighted by molar-refractivity contribution is 9.10. The van der Waals surface area contributed by atoms with Gasteiger partial charge in [-0.25, -0.2) is 0 Å². The van der Waals surface area contributed by atoms with E-state index in [-0.39, 0.29) is 0 Å². The summed E-state index contributed by atoms with van der Waals surface area (Å²) in [6.07, 6.45) is 0.0347. The van der Waals surface area contributed by atoms with Crippen LogP contribution < -0.4 is 4.74 Å². The number of benzene rings is 1. The van der Waals surface area contributed by atoms with Crippen LogP contribution in [0.1, 0.15) is 16.5 Å². The van der Waals surface area contributed by atoms with Crippen LogP contribution in [0.2, 0.25) is 0 Å². The highest BCUT2D eigenvalue weighted by atomic mass is 79.9. The summed E-state index contributed by atoms with van der Waals surface area (Å²) in [7, 11) is 1.61. The van der Waals surface area contributed by atoms with Crippen molar-refractivity contribution >= 4 is 43.2 Å². The average molecular weight is 392 g/mol. The molecule has 2 rings (SSSR count). The van der Waals surface area contributed by atoms with Crippen LogP contribution in [0.15, 0.2) is 38.6 Å². The number of rotatable bonds is 4. The SMILES string of the molecule is COc1cc(Br)ccc1C(O)Cc1cc(Br)cs1. The van der Waals surface area contributed by atoms with E-state index < -0.39 is 6.10 Å². The molecule has 0 aliphatic carbocycles. The van der Waals surface area contributed by atoms with Gasteiger partial charge in [-0.1, -0.05) is 22.0 Å². The molecule has 1 heterocycles. The first-order valence-electron chi connectivity index (χ1n) is 5.34. The van der Waals surface area contributed by atoms with Crippen molar-refractivity contribution in [2.45, 2.75) is 12.5 Å². The van der Waals surface area contributed by atoms with Crippen LogP contribution in [0.25, 0.3) is 0 Å². The van der Waals surface area contributed by atoms with E-state index in [1.165, 1.54) is 0 Å². The van der Waals surface area contributed by atoms with Crippen LogP contribution in [0, 0.1) is 0 Å². The Labute approximate surface area is 127 Å². The molecular weight excluding hydrogens is 380 g/mol. The topological polar surface area (TPSA) is 29.5 Å². The predicted octanol–water partition coefficient (Wildman–Crippen LogP) is 4.56. The molecule has 1 atom stereocenters. The molecule has 1 aromatic carbocycles. The van der Waals surface area contributed by atoms with Crippen molar-refractivity contribution in [2.24, 2.45) is 0 Å². The molecule has 2 aromatic rings. The Morgan fingerprint density at radius 1 is 1.28 bits per heavy atom. The Balaban J connectivity index is 2.20. The Morgan fingerprint density at radius 3 is 2.67 bits per heavy atom. The molecule has 0 amide bonds. The lowest BCUT2D eigenvalue weighted by Crippen LogP contribution is -2.03. The van der Waals surface area contributed by atoms with Gasteiger partial charge in [-0.2, -0.15) is 0 Å². The molecule has 0 spiro atoms. The van der Waals surface area contributed by atoms with Gasteiger partial charge in [0.2, 0.25) is 0 Å². The Bertz CT molecular complexity index is 540. The van der Waals surface area contributed by atoms with Crippen molar-refractivity contribution in [3.8, 4) is 5.75 Å². The van der Waals surface area contributed by atoms with Crippen LogP contribution >= 0.6 is 43.2 Å². The van der Waals surface area contributed by atoms with Crippen molar-refractivity contribution in [2.75, 3.05) is 7.11 Å². The number of aliphatic hydroxyl groups is 1. The zero-order valence-corrected chi connectivity index (χ0v) is 13.7. The van der Waals surface area contributed by atoms with Crippen molar-refractivity contribution in [1.82, 2.24) is 0 Å². The summed E-state index contributed by atoms with van der Waals surface area (Å²) >= 11 is 8.44. The van der Waals surface area contributed by atoms with Gasteiger partial charge in [0.15, 0.2) is 0 Å². The van der Waals surface area contributed by atoms with E-state index in [1.54, 1.807) is 18.4 Å². The van der Waals surface area contributed by atoms with E-state index in [0.29, 0.717) is 12.2 Å². The first kappa shape index (κ1) is 14.1. The van der Waals surface area contributed by atoms with E-state index >= 15 is 0 Å². The minimum Gasteiger partial charge on any atom is -0.496 e. The third kappa shape index (κ3) is 3.35. The molecule has 1 unspecified atom stereocenters. The van der Waals surface area contributed by atoms with E-state index in [0.717, 1.165) is 19.4 Å². The number of aliphatic hydroxyl groups excluding tert-OH is 1. The smallest absolute Gasteiger partial charge is 0.125 e. The lowest BCUT2D eigenvalue weighted by atomic mass is 10.0. The van der Waals surface area contributed by atoms with Crippen LogP contribution in [-0.4, -0.2) is 12.2 Å². The van der Waals surface area contributed by atoms with Crippen LogP contribution in [0.3, 0.4) is 0 Å². The zero-order chi connectivity index (χ0) is 13.1. The minimum atomic E-state index is -0.557. The lowest BCUT2D eigenvalue weighted by Gasteiger charge is -2.14. The molecule has 0 aliphatic heterocycles. The summed E-state index contributed by atoms with van der Waals surface area (Å²) in [6.45, 7) is 0. The molecule has 0 aliphatic rings. The molecule has 1 aromatic heterocycles. The van der Waals surface area contributed by atoms with E-state index in [2.05, 4.69) is 31.9 Å². The highest BCUT2D eigenvalue weighted by Crippen LogP contribution is 2.32. The quantitative estimate of drug-likeness (QED) is 0.827. The molecule has 5 heteroatoms. The van der Waals surface area contributed by atoms with Crippen molar-refractivity contribution in [3.05, 3.63) is 49.0 Å². The fourth-order valence-electron chi connectivity index (χ4n) is 1.72. The van der Waals surface area contributed by atoms with Gasteiger partial charge in [-0.15, -0.1) is 11.3 Å². The van der Waals surface area contributed by atoms with Crippen LogP contribution in [-0.2, 0) is 6.42 Å². The molecule has 0 saturated carbocycles. The van der Waals surface area contributed by atoms with Gasteiger partial charge in [-0.3, -0.25) is 0 Å². The van der Waals surface area contributed by atoms with E-state index in [4.69, 9.17) is 4.74 Å². The Hall–Kier alpha value is -0.360. The molecule has 0 bridgehead atoms. The van der Waals surface area contributed by atoms with Gasteiger partial charge in [0.05, 0.1) is 13.2 Å². The third-order valence-corrected chi connectivity index (χ3v) is 4.78. The Morgan fingerprint density at radius 2 is 2.06 bits per heavy atom. The summed E-state index contributed by atoms with van der Waals surface area (Å²) in [5.74, 6) is 0.701. The number of methoxy groups -OCH3 is 1. The second-order valence-corrected chi connectivity index (χ2v) is 6.66. The molecule has 96 valence electrons. The summed E-state index contributed by atoms with van der Waals surface area (Å²) in [5.41, 5.74) is 0.810. The molecule has 0 saturated heterocycles. The second kappa shape index (κ2) is 6.19. The van der Waals surface area contributed by atoms with Gasteiger partial charge >= 0.3 is 0 Å². The molecular formula is C13H12Br2O2S. The number of hydrogen-bond acceptors (Lipinski definition) is 3. The first-order valence-corrected chi connectivity index (χ1v) is 7.81. The van der Waals surface area contributed by atoms with Gasteiger partial charge < -0.3 is 9.84 Å². The first-order chi connectivity index (χ1) is 8.60. The average Bonchev–Trinajstić information content (AvgIpc) is 2.74. The largest absolute Gasteiger partial charge is 0.496 e. The molecule has 0 radical (unpaired) electrons. The molecule has 1 N–H and O–H groups in total.